The highest BCUT2D eigenvalue weighted by atomic mass is 32.2. The molecule has 208 valence electrons. The van der Waals surface area contributed by atoms with Gasteiger partial charge in [0.15, 0.2) is 5.58 Å². The normalized spacial score (nSPS) is 19.8. The minimum Gasteiger partial charge on any atom is -0.423 e. The SMILES string of the molecule is Cc1ccccc1Nc1nc2ccc(CC(=O)N3C[C@@H](Sc4ccccc4)C[C@H]3COC3CCCCC3)cc2o1. The fourth-order valence-electron chi connectivity index (χ4n) is 5.83. The summed E-state index contributed by atoms with van der Waals surface area (Å²) >= 11 is 1.87. The summed E-state index contributed by atoms with van der Waals surface area (Å²) in [6.07, 6.45) is 7.70. The molecular weight excluding hydrogens is 518 g/mol. The third-order valence-electron chi connectivity index (χ3n) is 8.01. The lowest BCUT2D eigenvalue weighted by atomic mass is 9.98. The molecule has 0 radical (unpaired) electrons. The zero-order valence-corrected chi connectivity index (χ0v) is 23.9. The summed E-state index contributed by atoms with van der Waals surface area (Å²) in [5, 5.41) is 3.63. The van der Waals surface area contributed by atoms with Gasteiger partial charge in [0, 0.05) is 22.4 Å². The van der Waals surface area contributed by atoms with Crippen molar-refractivity contribution < 1.29 is 13.9 Å². The van der Waals surface area contributed by atoms with Gasteiger partial charge >= 0.3 is 0 Å². The van der Waals surface area contributed by atoms with Crippen molar-refractivity contribution >= 4 is 40.5 Å². The van der Waals surface area contributed by atoms with Crippen LogP contribution in [-0.2, 0) is 16.0 Å². The molecule has 7 heteroatoms. The van der Waals surface area contributed by atoms with Gasteiger partial charge < -0.3 is 19.4 Å². The van der Waals surface area contributed by atoms with Gasteiger partial charge in [-0.15, -0.1) is 11.8 Å². The van der Waals surface area contributed by atoms with E-state index in [-0.39, 0.29) is 11.9 Å². The van der Waals surface area contributed by atoms with E-state index in [2.05, 4.69) is 39.5 Å². The van der Waals surface area contributed by atoms with E-state index in [0.29, 0.717) is 36.0 Å². The van der Waals surface area contributed by atoms with Crippen molar-refractivity contribution in [2.45, 2.75) is 74.2 Å². The standard InChI is InChI=1S/C33H37N3O3S/c1-23-10-8-9-15-29(23)34-33-35-30-17-16-24(18-31(30)39-33)19-32(37)36-21-28(40-27-13-6-3-7-14-27)20-25(36)22-38-26-11-4-2-5-12-26/h3,6-10,13-18,25-26,28H,2,4-5,11-12,19-22H2,1H3,(H,34,35)/t25-,28-/m0/s1. The molecule has 6 rings (SSSR count). The number of nitrogens with one attached hydrogen (secondary N) is 1. The van der Waals surface area contributed by atoms with Crippen LogP contribution in [0.4, 0.5) is 11.7 Å². The number of oxazole rings is 1. The minimum atomic E-state index is 0.106. The van der Waals surface area contributed by atoms with Crippen LogP contribution >= 0.6 is 11.8 Å². The number of aromatic nitrogens is 1. The van der Waals surface area contributed by atoms with Crippen molar-refractivity contribution in [2.24, 2.45) is 0 Å². The molecule has 1 aliphatic heterocycles. The summed E-state index contributed by atoms with van der Waals surface area (Å²) < 4.78 is 12.4. The fraction of sp³-hybridized carbons (Fsp3) is 0.394. The summed E-state index contributed by atoms with van der Waals surface area (Å²) in [6.45, 7) is 3.41. The predicted octanol–water partition coefficient (Wildman–Crippen LogP) is 7.53. The zero-order valence-electron chi connectivity index (χ0n) is 23.1. The van der Waals surface area contributed by atoms with Gasteiger partial charge in [-0.05, 0) is 67.6 Å². The molecule has 1 N–H and O–H groups in total. The molecule has 2 atom stereocenters. The first-order valence-electron chi connectivity index (χ1n) is 14.5. The highest BCUT2D eigenvalue weighted by Crippen LogP contribution is 2.34. The van der Waals surface area contributed by atoms with Gasteiger partial charge in [-0.25, -0.2) is 0 Å². The van der Waals surface area contributed by atoms with Crippen LogP contribution in [0.15, 0.2) is 82.1 Å². The van der Waals surface area contributed by atoms with Crippen LogP contribution in [0.25, 0.3) is 11.1 Å². The number of hydrogen-bond donors (Lipinski definition) is 1. The predicted molar refractivity (Wildman–Crippen MR) is 161 cm³/mol. The topological polar surface area (TPSA) is 67.6 Å². The molecular formula is C33H37N3O3S. The molecule has 40 heavy (non-hydrogen) atoms. The smallest absolute Gasteiger partial charge is 0.300 e. The van der Waals surface area contributed by atoms with Gasteiger partial charge in [0.25, 0.3) is 6.01 Å². The Morgan fingerprint density at radius 3 is 2.67 bits per heavy atom. The molecule has 3 aromatic carbocycles. The van der Waals surface area contributed by atoms with Gasteiger partial charge in [-0.3, -0.25) is 4.79 Å². The number of amides is 1. The van der Waals surface area contributed by atoms with Crippen molar-refractivity contribution in [1.29, 1.82) is 0 Å². The number of nitrogens with zero attached hydrogens (tertiary/aromatic N) is 2. The monoisotopic (exact) mass is 555 g/mol. The number of fused-ring (bicyclic) bond motifs is 1. The Morgan fingerprint density at radius 1 is 1.05 bits per heavy atom. The summed E-state index contributed by atoms with van der Waals surface area (Å²) in [6, 6.07) is 25.0. The Kier molecular flexibility index (Phi) is 8.40. The Labute approximate surface area is 240 Å². The first-order valence-corrected chi connectivity index (χ1v) is 15.3. The first-order chi connectivity index (χ1) is 19.6. The lowest BCUT2D eigenvalue weighted by Gasteiger charge is -2.28. The fourth-order valence-corrected chi connectivity index (χ4v) is 7.08. The molecule has 2 fully saturated rings. The van der Waals surface area contributed by atoms with E-state index in [4.69, 9.17) is 9.15 Å². The van der Waals surface area contributed by atoms with E-state index in [0.717, 1.165) is 48.1 Å². The van der Waals surface area contributed by atoms with Crippen LogP contribution in [0.2, 0.25) is 0 Å². The average molecular weight is 556 g/mol. The first kappa shape index (κ1) is 26.9. The molecule has 0 spiro atoms. The van der Waals surface area contributed by atoms with Crippen LogP contribution in [0.5, 0.6) is 0 Å². The number of likely N-dealkylation sites (tertiary alicyclic amines) is 1. The Hall–Kier alpha value is -3.29. The highest BCUT2D eigenvalue weighted by Gasteiger charge is 2.36. The number of rotatable bonds is 9. The van der Waals surface area contributed by atoms with E-state index < -0.39 is 0 Å². The van der Waals surface area contributed by atoms with Crippen LogP contribution in [0.3, 0.4) is 0 Å². The lowest BCUT2D eigenvalue weighted by molar-refractivity contribution is -0.133. The summed E-state index contributed by atoms with van der Waals surface area (Å²) in [5.74, 6) is 0.144. The second kappa shape index (κ2) is 12.5. The largest absolute Gasteiger partial charge is 0.423 e. The maximum Gasteiger partial charge on any atom is 0.300 e. The molecule has 1 aromatic heterocycles. The van der Waals surface area contributed by atoms with Crippen LogP contribution in [0.1, 0.15) is 49.7 Å². The highest BCUT2D eigenvalue weighted by molar-refractivity contribution is 8.00. The van der Waals surface area contributed by atoms with Gasteiger partial charge in [-0.2, -0.15) is 4.98 Å². The molecule has 1 aliphatic carbocycles. The van der Waals surface area contributed by atoms with Crippen LogP contribution in [0, 0.1) is 6.92 Å². The van der Waals surface area contributed by atoms with Crippen molar-refractivity contribution in [1.82, 2.24) is 9.88 Å². The van der Waals surface area contributed by atoms with Crippen LogP contribution < -0.4 is 5.32 Å². The molecule has 6 nitrogen and oxygen atoms in total. The molecule has 1 saturated heterocycles. The molecule has 1 saturated carbocycles. The molecule has 0 bridgehead atoms. The molecule has 4 aromatic rings. The average Bonchev–Trinajstić information content (AvgIpc) is 3.57. The molecule has 1 amide bonds. The second-order valence-electron chi connectivity index (χ2n) is 11.0. The number of carbonyl (C=O) groups is 1. The van der Waals surface area contributed by atoms with E-state index in [9.17, 15) is 4.79 Å². The number of aryl methyl sites for hydroxylation is 1. The Bertz CT molecular complexity index is 1430. The Balaban J connectivity index is 1.14. The zero-order chi connectivity index (χ0) is 27.3. The molecule has 2 aliphatic rings. The minimum absolute atomic E-state index is 0.106. The maximum atomic E-state index is 13.7. The third-order valence-corrected chi connectivity index (χ3v) is 9.23. The molecule has 2 heterocycles. The number of hydrogen-bond acceptors (Lipinski definition) is 6. The van der Waals surface area contributed by atoms with Crippen molar-refractivity contribution in [2.75, 3.05) is 18.5 Å². The van der Waals surface area contributed by atoms with Crippen molar-refractivity contribution in [3.63, 3.8) is 0 Å². The summed E-state index contributed by atoms with van der Waals surface area (Å²) in [7, 11) is 0. The van der Waals surface area contributed by atoms with E-state index >= 15 is 0 Å². The lowest BCUT2D eigenvalue weighted by Crippen LogP contribution is -2.40. The number of benzene rings is 3. The van der Waals surface area contributed by atoms with Gasteiger partial charge in [0.05, 0.1) is 25.2 Å². The van der Waals surface area contributed by atoms with Gasteiger partial charge in [0.1, 0.15) is 5.52 Å². The number of thioether (sulfide) groups is 1. The van der Waals surface area contributed by atoms with E-state index in [1.54, 1.807) is 0 Å². The third kappa shape index (κ3) is 6.53. The number of para-hydroxylation sites is 1. The second-order valence-corrected chi connectivity index (χ2v) is 12.4. The summed E-state index contributed by atoms with van der Waals surface area (Å²) in [4.78, 5) is 21.6. The maximum absolute atomic E-state index is 13.7. The van der Waals surface area contributed by atoms with E-state index in [1.807, 2.05) is 67.2 Å². The number of carbonyl (C=O) groups excluding carboxylic acids is 1. The number of ether oxygens (including phenoxy) is 1. The van der Waals surface area contributed by atoms with Gasteiger partial charge in [0.2, 0.25) is 5.91 Å². The quantitative estimate of drug-likeness (QED) is 0.230. The van der Waals surface area contributed by atoms with Crippen molar-refractivity contribution in [3.8, 4) is 0 Å². The van der Waals surface area contributed by atoms with Crippen LogP contribution in [-0.4, -0.2) is 46.3 Å². The van der Waals surface area contributed by atoms with E-state index in [1.165, 1.54) is 24.2 Å². The Morgan fingerprint density at radius 2 is 1.85 bits per heavy atom. The number of anilines is 2. The summed E-state index contributed by atoms with van der Waals surface area (Å²) in [5.41, 5.74) is 4.46. The molecule has 0 unspecified atom stereocenters. The van der Waals surface area contributed by atoms with Crippen molar-refractivity contribution in [3.05, 3.63) is 83.9 Å². The van der Waals surface area contributed by atoms with Gasteiger partial charge in [-0.1, -0.05) is 61.7 Å².